The van der Waals surface area contributed by atoms with Crippen LogP contribution in [0.4, 0.5) is 0 Å². The molecule has 2 aromatic rings. The number of sulfonamides is 1. The molecular weight excluding hydrogens is 578 g/mol. The molecule has 1 saturated heterocycles. The van der Waals surface area contributed by atoms with Crippen molar-refractivity contribution in [1.82, 2.24) is 4.31 Å². The fourth-order valence-electron chi connectivity index (χ4n) is 6.70. The zero-order chi connectivity index (χ0) is 28.2. The molecule has 1 heterocycles. The highest BCUT2D eigenvalue weighted by atomic mass is 79.9. The van der Waals surface area contributed by atoms with Gasteiger partial charge in [0.05, 0.1) is 30.3 Å². The predicted octanol–water partition coefficient (Wildman–Crippen LogP) is 6.25. The van der Waals surface area contributed by atoms with Crippen molar-refractivity contribution in [3.63, 3.8) is 0 Å². The number of hydrogen-bond donors (Lipinski definition) is 1. The highest BCUT2D eigenvalue weighted by molar-refractivity contribution is 9.09. The number of piperidine rings is 1. The minimum Gasteiger partial charge on any atom is -0.497 e. The first-order chi connectivity index (χ1) is 18.7. The average Bonchev–Trinajstić information content (AvgIpc) is 3.26. The van der Waals surface area contributed by atoms with Crippen LogP contribution in [-0.2, 0) is 21.4 Å². The third-order valence-corrected chi connectivity index (χ3v) is 11.9. The summed E-state index contributed by atoms with van der Waals surface area (Å²) in [5.41, 5.74) is 1.14. The number of aliphatic hydroxyl groups is 1. The van der Waals surface area contributed by atoms with E-state index in [1.54, 1.807) is 29.6 Å². The quantitative estimate of drug-likeness (QED) is 0.183. The van der Waals surface area contributed by atoms with Crippen molar-refractivity contribution in [2.75, 3.05) is 13.7 Å². The number of aliphatic hydroxyl groups excluding tert-OH is 1. The summed E-state index contributed by atoms with van der Waals surface area (Å²) in [7, 11) is -2.24. The number of halogens is 1. The first kappa shape index (κ1) is 30.3. The van der Waals surface area contributed by atoms with Crippen molar-refractivity contribution in [3.8, 4) is 5.75 Å². The van der Waals surface area contributed by atoms with Crippen LogP contribution < -0.4 is 4.74 Å². The van der Waals surface area contributed by atoms with Gasteiger partial charge in [0.1, 0.15) is 5.75 Å². The highest BCUT2D eigenvalue weighted by Gasteiger charge is 2.64. The number of benzene rings is 2. The Hall–Kier alpha value is -1.71. The third-order valence-electron chi connectivity index (χ3n) is 8.70. The number of methoxy groups -OCH3 is 1. The Morgan fingerprint density at radius 2 is 1.82 bits per heavy atom. The lowest BCUT2D eigenvalue weighted by molar-refractivity contribution is -0.0457. The van der Waals surface area contributed by atoms with Crippen molar-refractivity contribution in [3.05, 3.63) is 72.3 Å². The van der Waals surface area contributed by atoms with Gasteiger partial charge in [0.15, 0.2) is 0 Å². The lowest BCUT2D eigenvalue weighted by Crippen LogP contribution is -2.70. The zero-order valence-corrected chi connectivity index (χ0v) is 25.7. The van der Waals surface area contributed by atoms with Crippen molar-refractivity contribution >= 4 is 26.0 Å². The van der Waals surface area contributed by atoms with Gasteiger partial charge >= 0.3 is 0 Å². The van der Waals surface area contributed by atoms with Crippen LogP contribution in [-0.4, -0.2) is 54.1 Å². The molecule has 8 heteroatoms. The zero-order valence-electron chi connectivity index (χ0n) is 23.3. The van der Waals surface area contributed by atoms with E-state index in [1.165, 1.54) is 0 Å². The summed E-state index contributed by atoms with van der Waals surface area (Å²) in [6, 6.07) is 14.6. The minimum atomic E-state index is -3.89. The number of aryl methyl sites for hydroxylation is 1. The van der Waals surface area contributed by atoms with Crippen molar-refractivity contribution < 1.29 is 23.0 Å². The number of rotatable bonds is 11. The Kier molecular flexibility index (Phi) is 9.97. The van der Waals surface area contributed by atoms with E-state index in [-0.39, 0.29) is 27.6 Å². The van der Waals surface area contributed by atoms with Crippen LogP contribution in [0.5, 0.6) is 5.75 Å². The molecule has 1 unspecified atom stereocenters. The molecule has 1 aliphatic heterocycles. The summed E-state index contributed by atoms with van der Waals surface area (Å²) in [5.74, 6) is 0.944. The number of hydrogen-bond acceptors (Lipinski definition) is 5. The van der Waals surface area contributed by atoms with E-state index >= 15 is 0 Å². The second-order valence-electron chi connectivity index (χ2n) is 11.1. The van der Waals surface area contributed by atoms with E-state index in [9.17, 15) is 13.5 Å². The molecule has 214 valence electrons. The molecule has 1 spiro atoms. The number of ether oxygens (including phenoxy) is 2. The molecule has 1 aliphatic carbocycles. The molecule has 1 N–H and O–H groups in total. The van der Waals surface area contributed by atoms with Crippen LogP contribution in [0, 0.1) is 18.8 Å². The summed E-state index contributed by atoms with van der Waals surface area (Å²) < 4.78 is 41.7. The predicted molar refractivity (Wildman–Crippen MR) is 159 cm³/mol. The first-order valence-electron chi connectivity index (χ1n) is 13.9. The summed E-state index contributed by atoms with van der Waals surface area (Å²) in [6.45, 7) is 9.12. The van der Waals surface area contributed by atoms with Gasteiger partial charge in [-0.1, -0.05) is 58.8 Å². The van der Waals surface area contributed by atoms with Crippen molar-refractivity contribution in [2.24, 2.45) is 11.8 Å². The maximum absolute atomic E-state index is 14.4. The molecule has 1 saturated carbocycles. The Bertz CT molecular complexity index is 1200. The smallest absolute Gasteiger partial charge is 0.243 e. The topological polar surface area (TPSA) is 76.1 Å². The standard InChI is InChI=1S/C31H42BrNO5S/c1-5-6-25-11-17-29(32)31(33(25)39(35,36)27-14-7-22(2)8-15-27)28(16-18-30(31)34)23(3)19-20-38-21-24-9-12-26(37-4)13-10-24/h5,7-10,12-15,23,25,28-30,34H,1,6,11,16-21H2,2-4H3/t23?,25-,28+,29-,30+,31+/m0/s1. The second kappa shape index (κ2) is 12.9. The number of nitrogens with zero attached hydrogens (tertiary/aromatic N) is 1. The SMILES string of the molecule is C=CC[C@H]1CC[C@H](Br)[C@]2([C@H](O)CC[C@@H]2C(C)CCOCc2ccc(OC)cc2)N1S(=O)(=O)c1ccc(C)cc1. The van der Waals surface area contributed by atoms with Crippen LogP contribution >= 0.6 is 15.9 Å². The van der Waals surface area contributed by atoms with Gasteiger partial charge in [0, 0.05) is 17.5 Å². The van der Waals surface area contributed by atoms with E-state index in [0.717, 1.165) is 36.1 Å². The molecule has 0 aromatic heterocycles. The Labute approximate surface area is 242 Å². The van der Waals surface area contributed by atoms with Crippen LogP contribution in [0.1, 0.15) is 56.6 Å². The summed E-state index contributed by atoms with van der Waals surface area (Å²) in [4.78, 5) is 0.118. The van der Waals surface area contributed by atoms with E-state index in [4.69, 9.17) is 9.47 Å². The number of alkyl halides is 1. The molecule has 0 radical (unpaired) electrons. The second-order valence-corrected chi connectivity index (χ2v) is 14.0. The third kappa shape index (κ3) is 6.01. The highest BCUT2D eigenvalue weighted by Crippen LogP contribution is 2.55. The van der Waals surface area contributed by atoms with Gasteiger partial charge in [0.2, 0.25) is 10.0 Å². The van der Waals surface area contributed by atoms with E-state index in [0.29, 0.717) is 32.5 Å². The molecule has 2 aliphatic rings. The van der Waals surface area contributed by atoms with E-state index < -0.39 is 21.7 Å². The maximum Gasteiger partial charge on any atom is 0.243 e. The van der Waals surface area contributed by atoms with Gasteiger partial charge < -0.3 is 14.6 Å². The fraction of sp³-hybridized carbons (Fsp3) is 0.548. The fourth-order valence-corrected chi connectivity index (χ4v) is 10.1. The normalized spacial score (nSPS) is 28.4. The van der Waals surface area contributed by atoms with Crippen LogP contribution in [0.3, 0.4) is 0 Å². The largest absolute Gasteiger partial charge is 0.497 e. The van der Waals surface area contributed by atoms with Crippen molar-refractivity contribution in [2.45, 2.75) is 86.4 Å². The van der Waals surface area contributed by atoms with Crippen molar-refractivity contribution in [1.29, 1.82) is 0 Å². The Balaban J connectivity index is 1.60. The van der Waals surface area contributed by atoms with Gasteiger partial charge in [-0.3, -0.25) is 0 Å². The lowest BCUT2D eigenvalue weighted by atomic mass is 9.71. The van der Waals surface area contributed by atoms with E-state index in [1.807, 2.05) is 43.3 Å². The minimum absolute atomic E-state index is 0.0192. The van der Waals surface area contributed by atoms with Crippen LogP contribution in [0.25, 0.3) is 0 Å². The molecule has 2 aromatic carbocycles. The molecule has 6 nitrogen and oxygen atoms in total. The first-order valence-corrected chi connectivity index (χ1v) is 16.3. The Morgan fingerprint density at radius 3 is 2.46 bits per heavy atom. The van der Waals surface area contributed by atoms with Gasteiger partial charge in [0.25, 0.3) is 0 Å². The summed E-state index contributed by atoms with van der Waals surface area (Å²) in [5, 5.41) is 11.7. The van der Waals surface area contributed by atoms with Gasteiger partial charge in [-0.25, -0.2) is 8.42 Å². The average molecular weight is 621 g/mol. The molecule has 4 rings (SSSR count). The molecular formula is C31H42BrNO5S. The van der Waals surface area contributed by atoms with Crippen LogP contribution in [0.15, 0.2) is 66.1 Å². The molecule has 0 bridgehead atoms. The summed E-state index contributed by atoms with van der Waals surface area (Å²) >= 11 is 3.91. The summed E-state index contributed by atoms with van der Waals surface area (Å²) in [6.07, 6.45) is 5.22. The molecule has 6 atom stereocenters. The van der Waals surface area contributed by atoms with E-state index in [2.05, 4.69) is 29.4 Å². The molecule has 2 fully saturated rings. The van der Waals surface area contributed by atoms with Gasteiger partial charge in [-0.2, -0.15) is 4.31 Å². The lowest BCUT2D eigenvalue weighted by Gasteiger charge is -2.56. The van der Waals surface area contributed by atoms with Crippen LogP contribution in [0.2, 0.25) is 0 Å². The maximum atomic E-state index is 14.4. The van der Waals surface area contributed by atoms with Gasteiger partial charge in [-0.15, -0.1) is 6.58 Å². The monoisotopic (exact) mass is 619 g/mol. The Morgan fingerprint density at radius 1 is 1.13 bits per heavy atom. The van der Waals surface area contributed by atoms with Gasteiger partial charge in [-0.05, 0) is 87.1 Å². The molecule has 39 heavy (non-hydrogen) atoms. The molecule has 0 amide bonds.